The molecule has 0 atom stereocenters. The van der Waals surface area contributed by atoms with Gasteiger partial charge in [0.25, 0.3) is 5.91 Å². The maximum absolute atomic E-state index is 12.2. The number of anilines is 3. The highest BCUT2D eigenvalue weighted by atomic mass is 35.5. The Hall–Kier alpha value is -3.32. The predicted molar refractivity (Wildman–Crippen MR) is 97.3 cm³/mol. The molecule has 8 heteroatoms. The van der Waals surface area contributed by atoms with Crippen LogP contribution in [0.4, 0.5) is 17.2 Å². The zero-order valence-corrected chi connectivity index (χ0v) is 14.2. The number of hydrogen-bond acceptors (Lipinski definition) is 6. The predicted octanol–water partition coefficient (Wildman–Crippen LogP) is 3.85. The van der Waals surface area contributed by atoms with Gasteiger partial charge in [-0.05, 0) is 48.5 Å². The van der Waals surface area contributed by atoms with Gasteiger partial charge in [0.05, 0.1) is 0 Å². The molecule has 0 unspecified atom stereocenters. The van der Waals surface area contributed by atoms with E-state index in [0.717, 1.165) is 5.69 Å². The zero-order valence-electron chi connectivity index (χ0n) is 13.4. The largest absolute Gasteiger partial charge is 0.454 e. The van der Waals surface area contributed by atoms with Crippen LogP contribution in [-0.4, -0.2) is 22.9 Å². The number of carbonyl (C=O) groups is 1. The van der Waals surface area contributed by atoms with Crippen molar-refractivity contribution in [2.45, 2.75) is 0 Å². The molecule has 4 rings (SSSR count). The SMILES string of the molecule is O=C(Nc1ccc(Cl)cc1)c1ccc(Nc2ccc3c(c2)OCO3)nn1. The van der Waals surface area contributed by atoms with E-state index in [0.29, 0.717) is 28.0 Å². The average Bonchev–Trinajstić information content (AvgIpc) is 3.12. The highest BCUT2D eigenvalue weighted by molar-refractivity contribution is 6.30. The highest BCUT2D eigenvalue weighted by Crippen LogP contribution is 2.34. The van der Waals surface area contributed by atoms with Gasteiger partial charge in [-0.2, -0.15) is 0 Å². The summed E-state index contributed by atoms with van der Waals surface area (Å²) in [6, 6.07) is 15.5. The summed E-state index contributed by atoms with van der Waals surface area (Å²) in [6.45, 7) is 0.218. The van der Waals surface area contributed by atoms with E-state index in [4.69, 9.17) is 21.1 Å². The average molecular weight is 369 g/mol. The Labute approximate surface area is 153 Å². The van der Waals surface area contributed by atoms with E-state index in [9.17, 15) is 4.79 Å². The molecular formula is C18H13ClN4O3. The van der Waals surface area contributed by atoms with Crippen molar-refractivity contribution in [3.05, 3.63) is 65.3 Å². The van der Waals surface area contributed by atoms with E-state index >= 15 is 0 Å². The van der Waals surface area contributed by atoms with Crippen LogP contribution < -0.4 is 20.1 Å². The third kappa shape index (κ3) is 3.52. The third-order valence-corrected chi connectivity index (χ3v) is 3.90. The Kier molecular flexibility index (Phi) is 4.28. The second kappa shape index (κ2) is 6.89. The molecule has 2 heterocycles. The number of rotatable bonds is 4. The number of amides is 1. The molecule has 7 nitrogen and oxygen atoms in total. The molecule has 0 bridgehead atoms. The van der Waals surface area contributed by atoms with E-state index in [1.165, 1.54) is 0 Å². The van der Waals surface area contributed by atoms with Crippen molar-refractivity contribution in [2.24, 2.45) is 0 Å². The van der Waals surface area contributed by atoms with Crippen LogP contribution in [0.15, 0.2) is 54.6 Å². The second-order valence-corrected chi connectivity index (χ2v) is 5.89. The van der Waals surface area contributed by atoms with Crippen LogP contribution in [-0.2, 0) is 0 Å². The van der Waals surface area contributed by atoms with Crippen LogP contribution in [0.2, 0.25) is 5.02 Å². The smallest absolute Gasteiger partial charge is 0.276 e. The van der Waals surface area contributed by atoms with Crippen LogP contribution in [0.25, 0.3) is 0 Å². The first-order valence-electron chi connectivity index (χ1n) is 7.75. The number of nitrogens with one attached hydrogen (secondary N) is 2. The van der Waals surface area contributed by atoms with Crippen molar-refractivity contribution in [1.82, 2.24) is 10.2 Å². The van der Waals surface area contributed by atoms with Gasteiger partial charge in [0.1, 0.15) is 0 Å². The summed E-state index contributed by atoms with van der Waals surface area (Å²) in [4.78, 5) is 12.2. The minimum Gasteiger partial charge on any atom is -0.454 e. The molecular weight excluding hydrogens is 356 g/mol. The fraction of sp³-hybridized carbons (Fsp3) is 0.0556. The van der Waals surface area contributed by atoms with Crippen molar-refractivity contribution in [3.63, 3.8) is 0 Å². The molecule has 2 N–H and O–H groups in total. The lowest BCUT2D eigenvalue weighted by Gasteiger charge is -2.07. The summed E-state index contributed by atoms with van der Waals surface area (Å²) >= 11 is 5.82. The molecule has 0 aliphatic carbocycles. The minimum atomic E-state index is -0.352. The first-order chi connectivity index (χ1) is 12.7. The van der Waals surface area contributed by atoms with Crippen molar-refractivity contribution in [2.75, 3.05) is 17.4 Å². The van der Waals surface area contributed by atoms with Gasteiger partial charge >= 0.3 is 0 Å². The molecule has 0 fully saturated rings. The second-order valence-electron chi connectivity index (χ2n) is 5.46. The van der Waals surface area contributed by atoms with Crippen molar-refractivity contribution >= 4 is 34.7 Å². The Morgan fingerprint density at radius 1 is 0.923 bits per heavy atom. The summed E-state index contributed by atoms with van der Waals surface area (Å²) in [5, 5.41) is 14.4. The van der Waals surface area contributed by atoms with Crippen molar-refractivity contribution < 1.29 is 14.3 Å². The molecule has 26 heavy (non-hydrogen) atoms. The van der Waals surface area contributed by atoms with Crippen LogP contribution in [0.1, 0.15) is 10.5 Å². The van der Waals surface area contributed by atoms with Gasteiger partial charge in [-0.3, -0.25) is 4.79 Å². The lowest BCUT2D eigenvalue weighted by atomic mass is 10.2. The molecule has 2 aromatic carbocycles. The van der Waals surface area contributed by atoms with Crippen LogP contribution in [0.3, 0.4) is 0 Å². The van der Waals surface area contributed by atoms with Crippen molar-refractivity contribution in [3.8, 4) is 11.5 Å². The van der Waals surface area contributed by atoms with Gasteiger partial charge in [0.2, 0.25) is 6.79 Å². The van der Waals surface area contributed by atoms with Crippen LogP contribution >= 0.6 is 11.6 Å². The van der Waals surface area contributed by atoms with E-state index in [-0.39, 0.29) is 18.4 Å². The topological polar surface area (TPSA) is 85.4 Å². The van der Waals surface area contributed by atoms with Gasteiger partial charge in [-0.1, -0.05) is 11.6 Å². The highest BCUT2D eigenvalue weighted by Gasteiger charge is 2.14. The van der Waals surface area contributed by atoms with E-state index in [1.807, 2.05) is 18.2 Å². The van der Waals surface area contributed by atoms with E-state index in [1.54, 1.807) is 36.4 Å². The van der Waals surface area contributed by atoms with Crippen LogP contribution in [0.5, 0.6) is 11.5 Å². The Morgan fingerprint density at radius 2 is 1.69 bits per heavy atom. The Morgan fingerprint density at radius 3 is 2.46 bits per heavy atom. The van der Waals surface area contributed by atoms with Crippen LogP contribution in [0, 0.1) is 0 Å². The number of nitrogens with zero attached hydrogens (tertiary/aromatic N) is 2. The molecule has 0 spiro atoms. The van der Waals surface area contributed by atoms with Gasteiger partial charge < -0.3 is 20.1 Å². The Bertz CT molecular complexity index is 946. The van der Waals surface area contributed by atoms with Gasteiger partial charge in [-0.25, -0.2) is 0 Å². The van der Waals surface area contributed by atoms with Gasteiger partial charge in [0.15, 0.2) is 23.0 Å². The lowest BCUT2D eigenvalue weighted by molar-refractivity contribution is 0.102. The number of carbonyl (C=O) groups excluding carboxylic acids is 1. The first kappa shape index (κ1) is 16.2. The maximum atomic E-state index is 12.2. The monoisotopic (exact) mass is 368 g/mol. The molecule has 1 amide bonds. The Balaban J connectivity index is 1.43. The molecule has 130 valence electrons. The molecule has 1 aliphatic rings. The number of ether oxygens (including phenoxy) is 2. The molecule has 3 aromatic rings. The van der Waals surface area contributed by atoms with E-state index < -0.39 is 0 Å². The normalized spacial score (nSPS) is 11.9. The summed E-state index contributed by atoms with van der Waals surface area (Å²) in [6.07, 6.45) is 0. The third-order valence-electron chi connectivity index (χ3n) is 3.64. The maximum Gasteiger partial charge on any atom is 0.276 e. The van der Waals surface area contributed by atoms with Gasteiger partial charge in [0, 0.05) is 22.5 Å². The molecule has 0 saturated carbocycles. The summed E-state index contributed by atoms with van der Waals surface area (Å²) in [7, 11) is 0. The van der Waals surface area contributed by atoms with Gasteiger partial charge in [-0.15, -0.1) is 10.2 Å². The minimum absolute atomic E-state index is 0.205. The summed E-state index contributed by atoms with van der Waals surface area (Å²) in [5.41, 5.74) is 1.61. The first-order valence-corrected chi connectivity index (χ1v) is 8.12. The quantitative estimate of drug-likeness (QED) is 0.727. The molecule has 1 aromatic heterocycles. The number of halogens is 1. The summed E-state index contributed by atoms with van der Waals surface area (Å²) < 4.78 is 10.6. The number of fused-ring (bicyclic) bond motifs is 1. The molecule has 0 saturated heterocycles. The molecule has 0 radical (unpaired) electrons. The zero-order chi connectivity index (χ0) is 17.9. The lowest BCUT2D eigenvalue weighted by Crippen LogP contribution is -2.14. The number of benzene rings is 2. The standard InChI is InChI=1S/C18H13ClN4O3/c19-11-1-3-12(4-2-11)21-18(24)14-6-8-17(23-22-14)20-13-5-7-15-16(9-13)26-10-25-15/h1-9H,10H2,(H,20,23)(H,21,24). The van der Waals surface area contributed by atoms with E-state index in [2.05, 4.69) is 20.8 Å². The fourth-order valence-corrected chi connectivity index (χ4v) is 2.50. The number of aromatic nitrogens is 2. The number of hydrogen-bond donors (Lipinski definition) is 2. The van der Waals surface area contributed by atoms with Crippen molar-refractivity contribution in [1.29, 1.82) is 0 Å². The fourth-order valence-electron chi connectivity index (χ4n) is 2.37. The summed E-state index contributed by atoms with van der Waals surface area (Å²) in [5.74, 6) is 1.53. The molecule has 1 aliphatic heterocycles.